The van der Waals surface area contributed by atoms with E-state index in [1.807, 2.05) is 31.2 Å². The van der Waals surface area contributed by atoms with Crippen LogP contribution in [-0.2, 0) is 4.79 Å². The third-order valence-electron chi connectivity index (χ3n) is 3.63. The van der Waals surface area contributed by atoms with Crippen molar-refractivity contribution in [3.63, 3.8) is 0 Å². The second-order valence-corrected chi connectivity index (χ2v) is 6.86. The van der Waals surface area contributed by atoms with Crippen LogP contribution in [0.25, 0.3) is 0 Å². The molecule has 25 heavy (non-hydrogen) atoms. The molecule has 0 spiro atoms. The Bertz CT molecular complexity index is 711. The molecule has 0 bridgehead atoms. The molecule has 0 unspecified atom stereocenters. The molecule has 0 radical (unpaired) electrons. The van der Waals surface area contributed by atoms with E-state index in [0.717, 1.165) is 23.4 Å². The number of esters is 1. The summed E-state index contributed by atoms with van der Waals surface area (Å²) in [6.07, 6.45) is 1.04. The Morgan fingerprint density at radius 1 is 1.04 bits per heavy atom. The highest BCUT2D eigenvalue weighted by atomic mass is 32.2. The van der Waals surface area contributed by atoms with Crippen molar-refractivity contribution in [3.8, 4) is 5.75 Å². The zero-order chi connectivity index (χ0) is 18.2. The summed E-state index contributed by atoms with van der Waals surface area (Å²) < 4.78 is 5.29. The maximum atomic E-state index is 12.5. The van der Waals surface area contributed by atoms with Crippen LogP contribution in [0.5, 0.6) is 5.75 Å². The standard InChI is InChI=1S/C20H23NO3S/c1-4-13-25-14-19(22)24-18-11-9-17(10-12-18)21(3)20(23)16-7-5-15(2)6-8-16/h5-12H,4,13-14H2,1-3H3. The number of carbonyl (C=O) groups excluding carboxylic acids is 2. The van der Waals surface area contributed by atoms with Crippen LogP contribution in [0.1, 0.15) is 29.3 Å². The number of thioether (sulfide) groups is 1. The summed E-state index contributed by atoms with van der Waals surface area (Å²) in [6.45, 7) is 4.06. The Morgan fingerprint density at radius 2 is 1.68 bits per heavy atom. The van der Waals surface area contributed by atoms with Gasteiger partial charge in [0.2, 0.25) is 0 Å². The number of benzene rings is 2. The minimum atomic E-state index is -0.254. The molecule has 1 amide bonds. The van der Waals surface area contributed by atoms with E-state index in [-0.39, 0.29) is 11.9 Å². The number of rotatable bonds is 7. The zero-order valence-corrected chi connectivity index (χ0v) is 15.6. The minimum Gasteiger partial charge on any atom is -0.426 e. The highest BCUT2D eigenvalue weighted by Gasteiger charge is 2.13. The Kier molecular flexibility index (Phi) is 7.07. The molecule has 0 N–H and O–H groups in total. The molecule has 2 aromatic carbocycles. The highest BCUT2D eigenvalue weighted by molar-refractivity contribution is 7.99. The molecule has 0 fully saturated rings. The molecule has 0 aliphatic rings. The fourth-order valence-electron chi connectivity index (χ4n) is 2.21. The van der Waals surface area contributed by atoms with Gasteiger partial charge in [0.05, 0.1) is 5.75 Å². The first-order valence-electron chi connectivity index (χ1n) is 8.24. The van der Waals surface area contributed by atoms with E-state index in [1.165, 1.54) is 0 Å². The van der Waals surface area contributed by atoms with Crippen LogP contribution in [0.2, 0.25) is 0 Å². The smallest absolute Gasteiger partial charge is 0.321 e. The lowest BCUT2D eigenvalue weighted by molar-refractivity contribution is -0.131. The maximum Gasteiger partial charge on any atom is 0.321 e. The van der Waals surface area contributed by atoms with Crippen molar-refractivity contribution in [2.45, 2.75) is 20.3 Å². The summed E-state index contributed by atoms with van der Waals surface area (Å²) in [6, 6.07) is 14.4. The lowest BCUT2D eigenvalue weighted by atomic mass is 10.1. The summed E-state index contributed by atoms with van der Waals surface area (Å²) in [5.74, 6) is 1.44. The van der Waals surface area contributed by atoms with Crippen molar-refractivity contribution in [1.29, 1.82) is 0 Å². The van der Waals surface area contributed by atoms with Crippen molar-refractivity contribution in [3.05, 3.63) is 59.7 Å². The van der Waals surface area contributed by atoms with E-state index in [9.17, 15) is 9.59 Å². The van der Waals surface area contributed by atoms with E-state index in [0.29, 0.717) is 17.1 Å². The highest BCUT2D eigenvalue weighted by Crippen LogP contribution is 2.21. The third-order valence-corrected chi connectivity index (χ3v) is 4.76. The topological polar surface area (TPSA) is 46.6 Å². The van der Waals surface area contributed by atoms with Crippen LogP contribution in [0.3, 0.4) is 0 Å². The van der Waals surface area contributed by atoms with E-state index in [2.05, 4.69) is 6.92 Å². The molecule has 0 saturated carbocycles. The molecule has 132 valence electrons. The van der Waals surface area contributed by atoms with Gasteiger partial charge in [-0.25, -0.2) is 0 Å². The average molecular weight is 357 g/mol. The number of carbonyl (C=O) groups is 2. The van der Waals surface area contributed by atoms with Gasteiger partial charge < -0.3 is 9.64 Å². The lowest BCUT2D eigenvalue weighted by Gasteiger charge is -2.18. The minimum absolute atomic E-state index is 0.0827. The van der Waals surface area contributed by atoms with Gasteiger partial charge in [-0.15, -0.1) is 0 Å². The molecule has 0 aliphatic heterocycles. The summed E-state index contributed by atoms with van der Waals surface area (Å²) in [4.78, 5) is 25.8. The lowest BCUT2D eigenvalue weighted by Crippen LogP contribution is -2.26. The van der Waals surface area contributed by atoms with E-state index in [1.54, 1.807) is 48.0 Å². The molecular formula is C20H23NO3S. The van der Waals surface area contributed by atoms with Crippen molar-refractivity contribution in [2.75, 3.05) is 23.5 Å². The molecule has 2 rings (SSSR count). The van der Waals surface area contributed by atoms with Crippen LogP contribution >= 0.6 is 11.8 Å². The molecule has 0 aliphatic carbocycles. The number of ether oxygens (including phenoxy) is 1. The fourth-order valence-corrected chi connectivity index (χ4v) is 2.86. The van der Waals surface area contributed by atoms with E-state index in [4.69, 9.17) is 4.74 Å². The van der Waals surface area contributed by atoms with Gasteiger partial charge in [-0.2, -0.15) is 11.8 Å². The molecule has 4 nitrogen and oxygen atoms in total. The maximum absolute atomic E-state index is 12.5. The van der Waals surface area contributed by atoms with Crippen molar-refractivity contribution in [1.82, 2.24) is 0 Å². The first-order valence-corrected chi connectivity index (χ1v) is 9.40. The van der Waals surface area contributed by atoms with Crippen molar-refractivity contribution >= 4 is 29.3 Å². The zero-order valence-electron chi connectivity index (χ0n) is 14.8. The molecule has 0 saturated heterocycles. The number of anilines is 1. The number of hydrogen-bond acceptors (Lipinski definition) is 4. The monoisotopic (exact) mass is 357 g/mol. The summed E-state index contributed by atoms with van der Waals surface area (Å²) in [7, 11) is 1.73. The van der Waals surface area contributed by atoms with Gasteiger partial charge in [-0.3, -0.25) is 9.59 Å². The summed E-state index contributed by atoms with van der Waals surface area (Å²) in [5.41, 5.74) is 2.49. The molecule has 2 aromatic rings. The number of hydrogen-bond donors (Lipinski definition) is 0. The van der Waals surface area contributed by atoms with Gasteiger partial charge in [0.15, 0.2) is 0 Å². The van der Waals surface area contributed by atoms with Crippen molar-refractivity contribution in [2.24, 2.45) is 0 Å². The van der Waals surface area contributed by atoms with Gasteiger partial charge in [-0.05, 0) is 55.5 Å². The van der Waals surface area contributed by atoms with Gasteiger partial charge >= 0.3 is 5.97 Å². The van der Waals surface area contributed by atoms with Crippen LogP contribution in [-0.4, -0.2) is 30.4 Å². The quantitative estimate of drug-likeness (QED) is 0.421. The second-order valence-electron chi connectivity index (χ2n) is 5.75. The van der Waals surface area contributed by atoms with Crippen molar-refractivity contribution < 1.29 is 14.3 Å². The van der Waals surface area contributed by atoms with Gasteiger partial charge in [0.1, 0.15) is 5.75 Å². The Labute approximate surface area is 153 Å². The van der Waals surface area contributed by atoms with E-state index < -0.39 is 0 Å². The normalized spacial score (nSPS) is 10.4. The van der Waals surface area contributed by atoms with Gasteiger partial charge in [-0.1, -0.05) is 24.6 Å². The second kappa shape index (κ2) is 9.28. The van der Waals surface area contributed by atoms with Crippen LogP contribution < -0.4 is 9.64 Å². The average Bonchev–Trinajstić information content (AvgIpc) is 2.62. The Hall–Kier alpha value is -2.27. The number of aryl methyl sites for hydroxylation is 1. The first kappa shape index (κ1) is 19.1. The fraction of sp³-hybridized carbons (Fsp3) is 0.300. The number of amides is 1. The van der Waals surface area contributed by atoms with E-state index >= 15 is 0 Å². The molecule has 0 atom stereocenters. The SMILES string of the molecule is CCCSCC(=O)Oc1ccc(N(C)C(=O)c2ccc(C)cc2)cc1. The Balaban J connectivity index is 1.97. The third kappa shape index (κ3) is 5.64. The Morgan fingerprint density at radius 3 is 2.28 bits per heavy atom. The first-order chi connectivity index (χ1) is 12.0. The molecular weight excluding hydrogens is 334 g/mol. The van der Waals surface area contributed by atoms with Crippen LogP contribution in [0.4, 0.5) is 5.69 Å². The molecule has 0 aromatic heterocycles. The predicted molar refractivity (Wildman–Crippen MR) is 104 cm³/mol. The summed E-state index contributed by atoms with van der Waals surface area (Å²) in [5, 5.41) is 0. The molecule has 0 heterocycles. The van der Waals surface area contributed by atoms with Crippen LogP contribution in [0.15, 0.2) is 48.5 Å². The van der Waals surface area contributed by atoms with Crippen LogP contribution in [0, 0.1) is 6.92 Å². The van der Waals surface area contributed by atoms with Gasteiger partial charge in [0, 0.05) is 18.3 Å². The largest absolute Gasteiger partial charge is 0.426 e. The summed E-state index contributed by atoms with van der Waals surface area (Å²) >= 11 is 1.56. The molecule has 5 heteroatoms. The number of nitrogens with zero attached hydrogens (tertiary/aromatic N) is 1. The predicted octanol–water partition coefficient (Wildman–Crippen LogP) is 4.32. The van der Waals surface area contributed by atoms with Gasteiger partial charge in [0.25, 0.3) is 5.91 Å².